The molecule has 1 unspecified atom stereocenters. The summed E-state index contributed by atoms with van der Waals surface area (Å²) in [6, 6.07) is 17.1. The third-order valence-electron chi connectivity index (χ3n) is 6.90. The van der Waals surface area contributed by atoms with Crippen LogP contribution in [0.5, 0.6) is 11.5 Å². The summed E-state index contributed by atoms with van der Waals surface area (Å²) in [5.74, 6) is -0.815. The summed E-state index contributed by atoms with van der Waals surface area (Å²) >= 11 is 7.45. The van der Waals surface area contributed by atoms with Crippen molar-refractivity contribution in [1.82, 2.24) is 4.98 Å². The van der Waals surface area contributed by atoms with Gasteiger partial charge in [0.25, 0.3) is 5.78 Å². The van der Waals surface area contributed by atoms with Crippen LogP contribution in [0.25, 0.3) is 16.0 Å². The Kier molecular flexibility index (Phi) is 6.12. The van der Waals surface area contributed by atoms with Gasteiger partial charge in [0, 0.05) is 10.6 Å². The fourth-order valence-corrected chi connectivity index (χ4v) is 6.11. The molecule has 3 aromatic carbocycles. The van der Waals surface area contributed by atoms with Gasteiger partial charge in [-0.25, -0.2) is 4.98 Å². The largest absolute Gasteiger partial charge is 0.507 e. The molecule has 4 aromatic rings. The number of amides is 1. The Morgan fingerprint density at radius 1 is 1.00 bits per heavy atom. The molecule has 0 aliphatic carbocycles. The summed E-state index contributed by atoms with van der Waals surface area (Å²) in [6.07, 6.45) is 0. The lowest BCUT2D eigenvalue weighted by Crippen LogP contribution is -2.29. The summed E-state index contributed by atoms with van der Waals surface area (Å²) < 4.78 is 12.1. The molecule has 1 fully saturated rings. The number of fused-ring (bicyclic) bond motifs is 2. The van der Waals surface area contributed by atoms with Crippen molar-refractivity contribution < 1.29 is 24.2 Å². The molecule has 0 saturated carbocycles. The number of anilines is 1. The topological polar surface area (TPSA) is 89.0 Å². The monoisotopic (exact) mass is 560 g/mol. The first-order valence-corrected chi connectivity index (χ1v) is 13.7. The minimum absolute atomic E-state index is 0.0162. The van der Waals surface area contributed by atoms with Crippen LogP contribution in [-0.2, 0) is 15.0 Å². The summed E-state index contributed by atoms with van der Waals surface area (Å²) in [4.78, 5) is 33.1. The predicted molar refractivity (Wildman–Crippen MR) is 152 cm³/mol. The molecule has 2 aliphatic rings. The zero-order chi connectivity index (χ0) is 27.5. The van der Waals surface area contributed by atoms with Crippen molar-refractivity contribution in [3.8, 4) is 11.5 Å². The number of ether oxygens (including phenoxy) is 2. The third-order valence-corrected chi connectivity index (χ3v) is 8.15. The molecule has 9 heteroatoms. The zero-order valence-corrected chi connectivity index (χ0v) is 23.1. The number of aliphatic hydroxyl groups excluding tert-OH is 1. The van der Waals surface area contributed by atoms with Crippen molar-refractivity contribution in [2.24, 2.45) is 0 Å². The molecule has 1 amide bonds. The van der Waals surface area contributed by atoms with E-state index in [2.05, 4.69) is 25.8 Å². The minimum Gasteiger partial charge on any atom is -0.507 e. The Labute approximate surface area is 234 Å². The van der Waals surface area contributed by atoms with Crippen molar-refractivity contribution in [3.05, 3.63) is 87.9 Å². The van der Waals surface area contributed by atoms with Crippen LogP contribution in [-0.4, -0.2) is 35.0 Å². The van der Waals surface area contributed by atoms with Gasteiger partial charge in [0.2, 0.25) is 0 Å². The molecule has 6 rings (SSSR count). The highest BCUT2D eigenvalue weighted by Crippen LogP contribution is 2.45. The van der Waals surface area contributed by atoms with Gasteiger partial charge in [0.15, 0.2) is 16.6 Å². The van der Waals surface area contributed by atoms with Crippen LogP contribution in [0.4, 0.5) is 5.13 Å². The molecule has 39 heavy (non-hydrogen) atoms. The fraction of sp³-hybridized carbons (Fsp3) is 0.233. The van der Waals surface area contributed by atoms with Crippen LogP contribution in [0.2, 0.25) is 5.02 Å². The van der Waals surface area contributed by atoms with Crippen LogP contribution in [0, 0.1) is 0 Å². The number of benzene rings is 3. The van der Waals surface area contributed by atoms with Gasteiger partial charge in [-0.15, -0.1) is 0 Å². The maximum Gasteiger partial charge on any atom is 0.301 e. The smallest absolute Gasteiger partial charge is 0.301 e. The second-order valence-electron chi connectivity index (χ2n) is 10.5. The number of carbonyl (C=O) groups is 2. The first kappa shape index (κ1) is 25.4. The Morgan fingerprint density at radius 2 is 1.72 bits per heavy atom. The number of aromatic nitrogens is 1. The van der Waals surface area contributed by atoms with Gasteiger partial charge >= 0.3 is 5.91 Å². The zero-order valence-electron chi connectivity index (χ0n) is 21.5. The fourth-order valence-electron chi connectivity index (χ4n) is 4.85. The molecule has 198 valence electrons. The molecular formula is C30H25ClN2O5S. The van der Waals surface area contributed by atoms with E-state index in [-0.39, 0.29) is 16.7 Å². The molecule has 0 bridgehead atoms. The van der Waals surface area contributed by atoms with E-state index in [0.717, 1.165) is 10.3 Å². The maximum atomic E-state index is 13.6. The summed E-state index contributed by atoms with van der Waals surface area (Å²) in [5.41, 5.74) is 2.69. The highest BCUT2D eigenvalue weighted by atomic mass is 35.5. The second-order valence-corrected chi connectivity index (χ2v) is 12.0. The van der Waals surface area contributed by atoms with Crippen LogP contribution in [0.3, 0.4) is 0 Å². The molecule has 1 aromatic heterocycles. The summed E-state index contributed by atoms with van der Waals surface area (Å²) in [6.45, 7) is 7.15. The normalized spacial score (nSPS) is 18.7. The number of aliphatic hydroxyl groups is 1. The molecule has 1 saturated heterocycles. The number of rotatable bonds is 3. The Balaban J connectivity index is 1.53. The van der Waals surface area contributed by atoms with E-state index in [4.69, 9.17) is 21.1 Å². The number of Topliss-reactive ketones (excluding diaryl/α,β-unsaturated/α-hetero) is 1. The van der Waals surface area contributed by atoms with Gasteiger partial charge in [-0.3, -0.25) is 14.5 Å². The van der Waals surface area contributed by atoms with E-state index in [1.807, 2.05) is 24.3 Å². The van der Waals surface area contributed by atoms with E-state index < -0.39 is 17.7 Å². The number of nitrogens with zero attached hydrogens (tertiary/aromatic N) is 2. The quantitative estimate of drug-likeness (QED) is 0.171. The lowest BCUT2D eigenvalue weighted by molar-refractivity contribution is -0.132. The van der Waals surface area contributed by atoms with Crippen molar-refractivity contribution in [1.29, 1.82) is 0 Å². The average molecular weight is 561 g/mol. The first-order valence-electron chi connectivity index (χ1n) is 12.5. The van der Waals surface area contributed by atoms with Gasteiger partial charge in [-0.05, 0) is 52.9 Å². The van der Waals surface area contributed by atoms with Crippen LogP contribution in [0.1, 0.15) is 43.5 Å². The van der Waals surface area contributed by atoms with Gasteiger partial charge < -0.3 is 14.6 Å². The van der Waals surface area contributed by atoms with E-state index in [1.54, 1.807) is 36.4 Å². The van der Waals surface area contributed by atoms with E-state index in [1.165, 1.54) is 16.2 Å². The lowest BCUT2D eigenvalue weighted by atomic mass is 9.85. The number of carbonyl (C=O) groups excluding carboxylic acids is 2. The summed E-state index contributed by atoms with van der Waals surface area (Å²) in [7, 11) is 0. The molecule has 0 spiro atoms. The summed E-state index contributed by atoms with van der Waals surface area (Å²) in [5, 5.41) is 12.4. The van der Waals surface area contributed by atoms with Gasteiger partial charge in [-0.1, -0.05) is 68.0 Å². The van der Waals surface area contributed by atoms with Crippen molar-refractivity contribution in [2.75, 3.05) is 18.1 Å². The van der Waals surface area contributed by atoms with Gasteiger partial charge in [-0.2, -0.15) is 0 Å². The minimum atomic E-state index is -0.886. The number of halogens is 1. The Morgan fingerprint density at radius 3 is 2.44 bits per heavy atom. The van der Waals surface area contributed by atoms with Crippen LogP contribution in [0.15, 0.2) is 66.2 Å². The van der Waals surface area contributed by atoms with Crippen molar-refractivity contribution >= 4 is 55.7 Å². The van der Waals surface area contributed by atoms with Crippen LogP contribution < -0.4 is 14.4 Å². The van der Waals surface area contributed by atoms with E-state index in [9.17, 15) is 14.7 Å². The molecule has 1 N–H and O–H groups in total. The maximum absolute atomic E-state index is 13.6. The second kappa shape index (κ2) is 9.39. The van der Waals surface area contributed by atoms with E-state index in [0.29, 0.717) is 51.5 Å². The highest BCUT2D eigenvalue weighted by Gasteiger charge is 2.48. The molecule has 2 aliphatic heterocycles. The molecule has 1 atom stereocenters. The third kappa shape index (κ3) is 4.43. The Hall–Kier alpha value is -3.88. The predicted octanol–water partition coefficient (Wildman–Crippen LogP) is 6.64. The number of hydrogen-bond donors (Lipinski definition) is 1. The SMILES string of the molecule is CC(C)(C)c1ccc(C2/C(=C(/O)c3ccc4c(c3)OCCO4)C(=O)C(=O)N2c2nc3ccc(Cl)cc3s2)cc1. The highest BCUT2D eigenvalue weighted by molar-refractivity contribution is 7.22. The molecular weight excluding hydrogens is 536 g/mol. The number of thiazole rings is 1. The molecule has 7 nitrogen and oxygen atoms in total. The lowest BCUT2D eigenvalue weighted by Gasteiger charge is -2.25. The van der Waals surface area contributed by atoms with E-state index >= 15 is 0 Å². The average Bonchev–Trinajstić information content (AvgIpc) is 3.45. The van der Waals surface area contributed by atoms with Crippen molar-refractivity contribution in [3.63, 3.8) is 0 Å². The standard InChI is InChI=1S/C30H25ClN2O5S/c1-30(2,3)18-7-4-16(5-8-18)25-24(26(34)17-6-11-21-22(14-17)38-13-12-37-21)27(35)28(36)33(25)29-32-20-10-9-19(31)15-23(20)39-29/h4-11,14-15,25,34H,12-13H2,1-3H3/b26-24-. The van der Waals surface area contributed by atoms with Gasteiger partial charge in [0.1, 0.15) is 19.0 Å². The first-order chi connectivity index (χ1) is 18.6. The van der Waals surface area contributed by atoms with Crippen molar-refractivity contribution in [2.45, 2.75) is 32.2 Å². The molecule has 0 radical (unpaired) electrons. The van der Waals surface area contributed by atoms with Crippen LogP contribution >= 0.6 is 22.9 Å². The Bertz CT molecular complexity index is 1670. The number of ketones is 1. The van der Waals surface area contributed by atoms with Gasteiger partial charge in [0.05, 0.1) is 21.8 Å². The molecule has 3 heterocycles. The number of hydrogen-bond acceptors (Lipinski definition) is 7.